The van der Waals surface area contributed by atoms with Crippen LogP contribution in [0.4, 0.5) is 0 Å². The fourth-order valence-electron chi connectivity index (χ4n) is 4.60. The molecule has 2 saturated heterocycles. The topological polar surface area (TPSA) is 69.2 Å². The van der Waals surface area contributed by atoms with Gasteiger partial charge < -0.3 is 28.0 Å². The van der Waals surface area contributed by atoms with E-state index in [1.807, 2.05) is 7.05 Å². The number of aliphatic hydroxyl groups excluding tert-OH is 1. The molecule has 0 aromatic carbocycles. The summed E-state index contributed by atoms with van der Waals surface area (Å²) in [5.41, 5.74) is 1.11. The van der Waals surface area contributed by atoms with Crippen molar-refractivity contribution < 1.29 is 22.8 Å². The van der Waals surface area contributed by atoms with Crippen LogP contribution in [0.15, 0.2) is 0 Å². The van der Waals surface area contributed by atoms with Gasteiger partial charge in [-0.3, -0.25) is 0 Å². The lowest BCUT2D eigenvalue weighted by atomic mass is 9.81. The van der Waals surface area contributed by atoms with Gasteiger partial charge in [0.25, 0.3) is 0 Å². The largest absolute Gasteiger partial charge is 0.414 e. The van der Waals surface area contributed by atoms with Gasteiger partial charge in [-0.1, -0.05) is 55.4 Å². The Kier molecular flexibility index (Phi) is 7.80. The van der Waals surface area contributed by atoms with Crippen LogP contribution in [0, 0.1) is 0 Å². The summed E-state index contributed by atoms with van der Waals surface area (Å²) in [5.74, 6) is 0. The fourth-order valence-corrected chi connectivity index (χ4v) is 15.8. The zero-order valence-electron chi connectivity index (χ0n) is 18.6. The maximum Gasteiger partial charge on any atom is 0.335 e. The number of aliphatic hydroxyl groups is 1. The van der Waals surface area contributed by atoms with Gasteiger partial charge in [-0.15, -0.1) is 0 Å². The van der Waals surface area contributed by atoms with E-state index in [0.717, 1.165) is 0 Å². The molecule has 1 unspecified atom stereocenters. The first-order valence-corrected chi connectivity index (χ1v) is 14.5. The molecule has 9 heteroatoms. The number of ether oxygens (including phenoxy) is 1. The minimum Gasteiger partial charge on any atom is -0.414 e. The summed E-state index contributed by atoms with van der Waals surface area (Å²) in [6, 6.07) is -0.285. The highest BCUT2D eigenvalue weighted by molar-refractivity contribution is 6.84. The normalized spacial score (nSPS) is 33.4. The first kappa shape index (κ1) is 23.5. The Labute approximate surface area is 168 Å². The molecule has 0 aromatic heterocycles. The van der Waals surface area contributed by atoms with Crippen molar-refractivity contribution in [3.63, 3.8) is 0 Å². The Hall–Kier alpha value is 0.259. The number of hydrogen-bond acceptors (Lipinski definition) is 6. The van der Waals surface area contributed by atoms with Crippen LogP contribution in [-0.2, 0) is 17.7 Å². The highest BCUT2D eigenvalue weighted by Crippen LogP contribution is 2.47. The molecular weight excluding hydrogens is 377 g/mol. The second-order valence-electron chi connectivity index (χ2n) is 9.32. The summed E-state index contributed by atoms with van der Waals surface area (Å²) >= 11 is 0. The van der Waals surface area contributed by atoms with Crippen LogP contribution < -0.4 is 5.23 Å². The molecule has 4 atom stereocenters. The minimum atomic E-state index is -2.68. The van der Waals surface area contributed by atoms with Crippen LogP contribution in [0.25, 0.3) is 0 Å². The Morgan fingerprint density at radius 2 is 1.44 bits per heavy atom. The predicted molar refractivity (Wildman–Crippen MR) is 115 cm³/mol. The van der Waals surface area contributed by atoms with Crippen LogP contribution in [0.3, 0.4) is 0 Å². The average Bonchev–Trinajstić information content (AvgIpc) is 2.82. The van der Waals surface area contributed by atoms with E-state index in [1.54, 1.807) is 0 Å². The first-order chi connectivity index (χ1) is 12.5. The number of nitrogens with one attached hydrogen (secondary N) is 1. The van der Waals surface area contributed by atoms with Gasteiger partial charge in [-0.2, -0.15) is 0 Å². The maximum atomic E-state index is 10.9. The van der Waals surface area contributed by atoms with Crippen LogP contribution in [-0.4, -0.2) is 67.6 Å². The molecule has 158 valence electrons. The summed E-state index contributed by atoms with van der Waals surface area (Å²) in [5, 5.41) is 14.0. The van der Waals surface area contributed by atoms with Gasteiger partial charge >= 0.3 is 17.1 Å². The van der Waals surface area contributed by atoms with E-state index in [0.29, 0.717) is 25.1 Å². The van der Waals surface area contributed by atoms with E-state index in [4.69, 9.17) is 17.7 Å². The number of rotatable bonds is 6. The molecule has 2 rings (SSSR count). The van der Waals surface area contributed by atoms with Crippen molar-refractivity contribution in [2.24, 2.45) is 0 Å². The summed E-state index contributed by atoms with van der Waals surface area (Å²) in [7, 11) is -2.77. The molecular formula is C18H40BNO5Si2. The third-order valence-electron chi connectivity index (χ3n) is 6.17. The Bertz CT molecular complexity index is 478. The number of hydrogen-bond donors (Lipinski definition) is 2. The van der Waals surface area contributed by atoms with Crippen molar-refractivity contribution in [2.45, 2.75) is 102 Å². The molecule has 0 saturated carbocycles. The van der Waals surface area contributed by atoms with Crippen LogP contribution >= 0.6 is 0 Å². The van der Waals surface area contributed by atoms with Gasteiger partial charge in [0.15, 0.2) is 0 Å². The van der Waals surface area contributed by atoms with Crippen molar-refractivity contribution in [2.75, 3.05) is 13.7 Å². The SMILES string of the molecule is CNB[C@@H]1O[C@@H]2CO[Si](C(C)C)(C(C)C)O[Si](C(C)C)(C(C)C)OC2[C@@H]1O. The van der Waals surface area contributed by atoms with E-state index in [-0.39, 0.29) is 23.2 Å². The third-order valence-corrected chi connectivity index (χ3v) is 16.4. The molecule has 2 N–H and O–H groups in total. The lowest BCUT2D eigenvalue weighted by Crippen LogP contribution is -2.65. The zero-order chi connectivity index (χ0) is 20.6. The second-order valence-corrected chi connectivity index (χ2v) is 18.2. The van der Waals surface area contributed by atoms with Crippen molar-refractivity contribution >= 4 is 24.5 Å². The van der Waals surface area contributed by atoms with Gasteiger partial charge in [-0.05, 0) is 29.2 Å². The fraction of sp³-hybridized carbons (Fsp3) is 1.00. The molecule has 0 aromatic rings. The average molecular weight is 418 g/mol. The molecule has 0 bridgehead atoms. The van der Waals surface area contributed by atoms with E-state index in [2.05, 4.69) is 60.6 Å². The summed E-state index contributed by atoms with van der Waals surface area (Å²) in [4.78, 5) is 0. The Morgan fingerprint density at radius 1 is 0.926 bits per heavy atom. The second kappa shape index (κ2) is 8.95. The van der Waals surface area contributed by atoms with Gasteiger partial charge in [0.05, 0.1) is 12.6 Å². The van der Waals surface area contributed by atoms with Gasteiger partial charge in [0, 0.05) is 0 Å². The molecule has 0 amide bonds. The monoisotopic (exact) mass is 417 g/mol. The molecule has 2 aliphatic heterocycles. The lowest BCUT2D eigenvalue weighted by Gasteiger charge is -2.51. The van der Waals surface area contributed by atoms with Crippen LogP contribution in [0.1, 0.15) is 55.4 Å². The quantitative estimate of drug-likeness (QED) is 0.648. The minimum absolute atomic E-state index is 0.250. The summed E-state index contributed by atoms with van der Waals surface area (Å²) in [6.45, 7) is 18.0. The van der Waals surface area contributed by atoms with Gasteiger partial charge in [0.2, 0.25) is 7.41 Å². The smallest absolute Gasteiger partial charge is 0.335 e. The molecule has 27 heavy (non-hydrogen) atoms. The van der Waals surface area contributed by atoms with E-state index >= 15 is 0 Å². The Balaban J connectivity index is 2.50. The molecule has 0 radical (unpaired) electrons. The Morgan fingerprint density at radius 3 is 1.89 bits per heavy atom. The van der Waals surface area contributed by atoms with Crippen molar-refractivity contribution in [3.05, 3.63) is 0 Å². The molecule has 2 heterocycles. The van der Waals surface area contributed by atoms with Crippen molar-refractivity contribution in [1.29, 1.82) is 0 Å². The number of fused-ring (bicyclic) bond motifs is 1. The standard InChI is InChI=1S/C18H40BNO5Si2/c1-11(2)26(12(3)4)22-10-15-17(16(21)18(23-15)19-20-9)24-27(25-26,13(5)6)14(7)8/h11-21H,10H2,1-9H3/t15-,16+,17?,18-/m1/s1. The lowest BCUT2D eigenvalue weighted by molar-refractivity contribution is -0.0321. The third kappa shape index (κ3) is 4.26. The first-order valence-electron chi connectivity index (χ1n) is 10.5. The van der Waals surface area contributed by atoms with Gasteiger partial charge in [-0.25, -0.2) is 0 Å². The van der Waals surface area contributed by atoms with Gasteiger partial charge in [0.1, 0.15) is 18.3 Å². The van der Waals surface area contributed by atoms with Crippen molar-refractivity contribution in [3.8, 4) is 0 Å². The summed E-state index contributed by atoms with van der Waals surface area (Å²) in [6.07, 6.45) is -1.33. The summed E-state index contributed by atoms with van der Waals surface area (Å²) < 4.78 is 26.8. The van der Waals surface area contributed by atoms with E-state index in [1.165, 1.54) is 0 Å². The van der Waals surface area contributed by atoms with Crippen LogP contribution in [0.2, 0.25) is 22.2 Å². The predicted octanol–water partition coefficient (Wildman–Crippen LogP) is 2.60. The molecule has 0 spiro atoms. The van der Waals surface area contributed by atoms with E-state index in [9.17, 15) is 5.11 Å². The molecule has 0 aliphatic carbocycles. The highest BCUT2D eigenvalue weighted by atomic mass is 28.5. The zero-order valence-corrected chi connectivity index (χ0v) is 20.6. The van der Waals surface area contributed by atoms with Crippen LogP contribution in [0.5, 0.6) is 0 Å². The van der Waals surface area contributed by atoms with E-state index < -0.39 is 29.3 Å². The molecule has 2 aliphatic rings. The van der Waals surface area contributed by atoms with Crippen molar-refractivity contribution in [1.82, 2.24) is 5.23 Å². The molecule has 6 nitrogen and oxygen atoms in total. The highest BCUT2D eigenvalue weighted by Gasteiger charge is 2.61. The maximum absolute atomic E-state index is 10.9. The molecule has 2 fully saturated rings.